The summed E-state index contributed by atoms with van der Waals surface area (Å²) < 4.78 is 0. The van der Waals surface area contributed by atoms with Crippen LogP contribution in [0.2, 0.25) is 0 Å². The first-order valence-electron chi connectivity index (χ1n) is 4.76. The smallest absolute Gasteiger partial charge is 0.141 e. The molecule has 0 amide bonds. The van der Waals surface area contributed by atoms with Crippen LogP contribution < -0.4 is 0 Å². The van der Waals surface area contributed by atoms with E-state index >= 15 is 0 Å². The van der Waals surface area contributed by atoms with E-state index in [9.17, 15) is 5.11 Å². The predicted molar refractivity (Wildman–Crippen MR) is 57.5 cm³/mol. The Balaban J connectivity index is 2.82. The maximum atomic E-state index is 9.61. The average Bonchev–Trinajstić information content (AvgIpc) is 2.18. The van der Waals surface area contributed by atoms with Gasteiger partial charge in [0.2, 0.25) is 0 Å². The summed E-state index contributed by atoms with van der Waals surface area (Å²) in [4.78, 5) is 4.26. The van der Waals surface area contributed by atoms with Crippen LogP contribution in [0.15, 0.2) is 30.5 Å². The van der Waals surface area contributed by atoms with Gasteiger partial charge in [-0.3, -0.25) is 4.98 Å². The number of rotatable bonds is 1. The predicted octanol–water partition coefficient (Wildman–Crippen LogP) is 3.06. The van der Waals surface area contributed by atoms with Crippen molar-refractivity contribution in [2.45, 2.75) is 19.8 Å². The molecule has 0 unspecified atom stereocenters. The van der Waals surface area contributed by atoms with Gasteiger partial charge in [0.25, 0.3) is 0 Å². The molecular formula is C12H13NO. The number of benzene rings is 1. The first-order chi connectivity index (χ1) is 6.70. The molecule has 0 aliphatic heterocycles. The zero-order valence-electron chi connectivity index (χ0n) is 8.36. The minimum Gasteiger partial charge on any atom is -0.506 e. The minimum atomic E-state index is 0.255. The summed E-state index contributed by atoms with van der Waals surface area (Å²) in [6.07, 6.45) is 1.53. The molecule has 0 saturated carbocycles. The molecule has 0 fully saturated rings. The fourth-order valence-corrected chi connectivity index (χ4v) is 1.66. The van der Waals surface area contributed by atoms with Gasteiger partial charge < -0.3 is 5.11 Å². The molecular weight excluding hydrogens is 174 g/mol. The SMILES string of the molecule is CC(C)c1ncc(O)c2ccccc12. The lowest BCUT2D eigenvalue weighted by Crippen LogP contribution is -1.93. The molecule has 0 aliphatic rings. The van der Waals surface area contributed by atoms with Gasteiger partial charge in [0, 0.05) is 10.8 Å². The fraction of sp³-hybridized carbons (Fsp3) is 0.250. The molecule has 2 nitrogen and oxygen atoms in total. The number of hydrogen-bond acceptors (Lipinski definition) is 2. The molecule has 1 aromatic carbocycles. The topological polar surface area (TPSA) is 33.1 Å². The highest BCUT2D eigenvalue weighted by molar-refractivity contribution is 5.89. The summed E-state index contributed by atoms with van der Waals surface area (Å²) in [7, 11) is 0. The second-order valence-corrected chi connectivity index (χ2v) is 3.73. The van der Waals surface area contributed by atoms with E-state index in [1.807, 2.05) is 24.3 Å². The summed E-state index contributed by atoms with van der Waals surface area (Å²) in [5, 5.41) is 11.5. The van der Waals surface area contributed by atoms with Gasteiger partial charge in [-0.2, -0.15) is 0 Å². The van der Waals surface area contributed by atoms with Gasteiger partial charge in [-0.15, -0.1) is 0 Å². The van der Waals surface area contributed by atoms with Gasteiger partial charge in [-0.1, -0.05) is 38.1 Å². The molecule has 0 bridgehead atoms. The van der Waals surface area contributed by atoms with Crippen LogP contribution in [0, 0.1) is 0 Å². The van der Waals surface area contributed by atoms with Crippen LogP contribution in [-0.4, -0.2) is 10.1 Å². The highest BCUT2D eigenvalue weighted by Gasteiger charge is 2.08. The Morgan fingerprint density at radius 1 is 1.14 bits per heavy atom. The lowest BCUT2D eigenvalue weighted by Gasteiger charge is -2.09. The van der Waals surface area contributed by atoms with Gasteiger partial charge >= 0.3 is 0 Å². The number of aromatic nitrogens is 1. The molecule has 1 N–H and O–H groups in total. The number of pyridine rings is 1. The van der Waals surface area contributed by atoms with Crippen LogP contribution >= 0.6 is 0 Å². The minimum absolute atomic E-state index is 0.255. The van der Waals surface area contributed by atoms with Crippen molar-refractivity contribution < 1.29 is 5.11 Å². The van der Waals surface area contributed by atoms with E-state index in [1.54, 1.807) is 0 Å². The maximum absolute atomic E-state index is 9.61. The summed E-state index contributed by atoms with van der Waals surface area (Å²) in [6, 6.07) is 7.80. The lowest BCUT2D eigenvalue weighted by atomic mass is 10.0. The molecule has 2 heteroatoms. The summed E-state index contributed by atoms with van der Waals surface area (Å²) >= 11 is 0. The highest BCUT2D eigenvalue weighted by Crippen LogP contribution is 2.28. The third kappa shape index (κ3) is 1.33. The van der Waals surface area contributed by atoms with Crippen molar-refractivity contribution in [2.24, 2.45) is 0 Å². The Hall–Kier alpha value is -1.57. The second-order valence-electron chi connectivity index (χ2n) is 3.73. The average molecular weight is 187 g/mol. The molecule has 14 heavy (non-hydrogen) atoms. The van der Waals surface area contributed by atoms with Gasteiger partial charge in [-0.05, 0) is 5.92 Å². The third-order valence-corrected chi connectivity index (χ3v) is 2.35. The van der Waals surface area contributed by atoms with Gasteiger partial charge in [0.1, 0.15) is 5.75 Å². The standard InChI is InChI=1S/C12H13NO/c1-8(2)12-10-6-4-3-5-9(10)11(14)7-13-12/h3-8,14H,1-2H3. The van der Waals surface area contributed by atoms with Gasteiger partial charge in [0.15, 0.2) is 0 Å². The quantitative estimate of drug-likeness (QED) is 0.744. The second kappa shape index (κ2) is 3.29. The Morgan fingerprint density at radius 2 is 1.79 bits per heavy atom. The molecule has 1 aromatic heterocycles. The summed E-state index contributed by atoms with van der Waals surface area (Å²) in [6.45, 7) is 4.21. The van der Waals surface area contributed by atoms with E-state index < -0.39 is 0 Å². The van der Waals surface area contributed by atoms with Crippen LogP contribution in [0.4, 0.5) is 0 Å². The van der Waals surface area contributed by atoms with Crippen LogP contribution in [-0.2, 0) is 0 Å². The molecule has 0 aliphatic carbocycles. The zero-order valence-corrected chi connectivity index (χ0v) is 8.36. The molecule has 0 atom stereocenters. The first kappa shape index (κ1) is 9.00. The Kier molecular flexibility index (Phi) is 2.12. The zero-order chi connectivity index (χ0) is 10.1. The van der Waals surface area contributed by atoms with Gasteiger partial charge in [0.05, 0.1) is 11.9 Å². The van der Waals surface area contributed by atoms with Crippen molar-refractivity contribution in [1.82, 2.24) is 4.98 Å². The van der Waals surface area contributed by atoms with Crippen LogP contribution in [0.5, 0.6) is 5.75 Å². The normalized spacial score (nSPS) is 11.1. The lowest BCUT2D eigenvalue weighted by molar-refractivity contribution is 0.478. The van der Waals surface area contributed by atoms with E-state index in [2.05, 4.69) is 18.8 Å². The Bertz CT molecular complexity index is 463. The number of fused-ring (bicyclic) bond motifs is 1. The fourth-order valence-electron chi connectivity index (χ4n) is 1.66. The van der Waals surface area contributed by atoms with E-state index in [4.69, 9.17) is 0 Å². The molecule has 0 spiro atoms. The number of aromatic hydroxyl groups is 1. The molecule has 2 rings (SSSR count). The molecule has 1 heterocycles. The van der Waals surface area contributed by atoms with Crippen molar-refractivity contribution in [2.75, 3.05) is 0 Å². The largest absolute Gasteiger partial charge is 0.506 e. The van der Waals surface area contributed by atoms with Crippen molar-refractivity contribution >= 4 is 10.8 Å². The van der Waals surface area contributed by atoms with E-state index in [1.165, 1.54) is 6.20 Å². The highest BCUT2D eigenvalue weighted by atomic mass is 16.3. The van der Waals surface area contributed by atoms with E-state index in [-0.39, 0.29) is 5.75 Å². The summed E-state index contributed by atoms with van der Waals surface area (Å²) in [5.74, 6) is 0.630. The van der Waals surface area contributed by atoms with Crippen LogP contribution in [0.25, 0.3) is 10.8 Å². The monoisotopic (exact) mass is 187 g/mol. The van der Waals surface area contributed by atoms with E-state index in [0.29, 0.717) is 5.92 Å². The van der Waals surface area contributed by atoms with Gasteiger partial charge in [-0.25, -0.2) is 0 Å². The molecule has 0 saturated heterocycles. The number of nitrogens with zero attached hydrogens (tertiary/aromatic N) is 1. The maximum Gasteiger partial charge on any atom is 0.141 e. The van der Waals surface area contributed by atoms with Crippen molar-refractivity contribution in [3.63, 3.8) is 0 Å². The van der Waals surface area contributed by atoms with Crippen LogP contribution in [0.1, 0.15) is 25.5 Å². The summed E-state index contributed by atoms with van der Waals surface area (Å²) in [5.41, 5.74) is 1.04. The molecule has 0 radical (unpaired) electrons. The number of hydrogen-bond donors (Lipinski definition) is 1. The Morgan fingerprint density at radius 3 is 2.43 bits per heavy atom. The van der Waals surface area contributed by atoms with Crippen LogP contribution in [0.3, 0.4) is 0 Å². The Labute approximate surface area is 83.2 Å². The van der Waals surface area contributed by atoms with Crippen molar-refractivity contribution in [1.29, 1.82) is 0 Å². The van der Waals surface area contributed by atoms with Crippen molar-refractivity contribution in [3.8, 4) is 5.75 Å². The first-order valence-corrected chi connectivity index (χ1v) is 4.76. The van der Waals surface area contributed by atoms with E-state index in [0.717, 1.165) is 16.5 Å². The molecule has 2 aromatic rings. The van der Waals surface area contributed by atoms with Crippen molar-refractivity contribution in [3.05, 3.63) is 36.2 Å². The third-order valence-electron chi connectivity index (χ3n) is 2.35. The molecule has 72 valence electrons.